The summed E-state index contributed by atoms with van der Waals surface area (Å²) >= 11 is 0. The first-order chi connectivity index (χ1) is 10.2. The van der Waals surface area contributed by atoms with E-state index in [4.69, 9.17) is 10.5 Å². The van der Waals surface area contributed by atoms with Gasteiger partial charge in [-0.25, -0.2) is 0 Å². The monoisotopic (exact) mass is 280 g/mol. The smallest absolute Gasteiger partial charge is 0.231 e. The van der Waals surface area contributed by atoms with Crippen molar-refractivity contribution in [2.45, 2.75) is 12.3 Å². The molecule has 4 heteroatoms. The van der Waals surface area contributed by atoms with E-state index >= 15 is 0 Å². The van der Waals surface area contributed by atoms with Gasteiger partial charge in [0.15, 0.2) is 0 Å². The van der Waals surface area contributed by atoms with Crippen molar-refractivity contribution in [3.63, 3.8) is 0 Å². The standard InChI is InChI=1S/C17H16N2O2/c18-13-5-6-15-11(7-13)8-17(20)19(15)9-12-10-21-16-4-2-1-3-14(12)16/h1-7,12H,8-10,18H2. The third-order valence-electron chi connectivity index (χ3n) is 4.24. The molecule has 0 aromatic heterocycles. The van der Waals surface area contributed by atoms with Crippen LogP contribution in [0.4, 0.5) is 11.4 Å². The van der Waals surface area contributed by atoms with Crippen LogP contribution in [0.2, 0.25) is 0 Å². The summed E-state index contributed by atoms with van der Waals surface area (Å²) in [4.78, 5) is 14.2. The van der Waals surface area contributed by atoms with Gasteiger partial charge < -0.3 is 15.4 Å². The SMILES string of the molecule is Nc1ccc2c(c1)CC(=O)N2CC1COc2ccccc21. The van der Waals surface area contributed by atoms with Crippen molar-refractivity contribution >= 4 is 17.3 Å². The summed E-state index contributed by atoms with van der Waals surface area (Å²) in [7, 11) is 0. The molecule has 2 heterocycles. The van der Waals surface area contributed by atoms with Gasteiger partial charge in [-0.15, -0.1) is 0 Å². The summed E-state index contributed by atoms with van der Waals surface area (Å²) in [6.45, 7) is 1.29. The van der Waals surface area contributed by atoms with E-state index in [2.05, 4.69) is 6.07 Å². The Morgan fingerprint density at radius 3 is 3.00 bits per heavy atom. The van der Waals surface area contributed by atoms with Crippen LogP contribution in [0.25, 0.3) is 0 Å². The zero-order valence-corrected chi connectivity index (χ0v) is 11.6. The van der Waals surface area contributed by atoms with Crippen molar-refractivity contribution in [2.24, 2.45) is 0 Å². The molecule has 4 rings (SSSR count). The molecule has 0 fully saturated rings. The summed E-state index contributed by atoms with van der Waals surface area (Å²) in [5.41, 5.74) is 9.70. The maximum absolute atomic E-state index is 12.3. The lowest BCUT2D eigenvalue weighted by molar-refractivity contribution is -0.117. The Morgan fingerprint density at radius 1 is 1.24 bits per heavy atom. The molecule has 2 aliphatic heterocycles. The lowest BCUT2D eigenvalue weighted by Crippen LogP contribution is -2.32. The molecule has 21 heavy (non-hydrogen) atoms. The maximum atomic E-state index is 12.3. The van der Waals surface area contributed by atoms with Crippen LogP contribution in [-0.2, 0) is 11.2 Å². The fraction of sp³-hybridized carbons (Fsp3) is 0.235. The number of para-hydroxylation sites is 1. The van der Waals surface area contributed by atoms with Crippen LogP contribution in [0.3, 0.4) is 0 Å². The number of amides is 1. The second-order valence-corrected chi connectivity index (χ2v) is 5.62. The van der Waals surface area contributed by atoms with Crippen molar-refractivity contribution in [3.05, 3.63) is 53.6 Å². The number of anilines is 2. The van der Waals surface area contributed by atoms with Gasteiger partial charge in [0, 0.05) is 29.4 Å². The van der Waals surface area contributed by atoms with Gasteiger partial charge in [0.2, 0.25) is 5.91 Å². The largest absolute Gasteiger partial charge is 0.493 e. The van der Waals surface area contributed by atoms with E-state index in [1.165, 1.54) is 5.56 Å². The minimum atomic E-state index is 0.139. The molecule has 4 nitrogen and oxygen atoms in total. The number of benzene rings is 2. The number of nitrogen functional groups attached to an aromatic ring is 1. The van der Waals surface area contributed by atoms with E-state index in [0.29, 0.717) is 25.3 Å². The van der Waals surface area contributed by atoms with E-state index in [0.717, 1.165) is 17.0 Å². The van der Waals surface area contributed by atoms with E-state index < -0.39 is 0 Å². The van der Waals surface area contributed by atoms with Crippen molar-refractivity contribution in [3.8, 4) is 5.75 Å². The second-order valence-electron chi connectivity index (χ2n) is 5.62. The Balaban J connectivity index is 1.63. The highest BCUT2D eigenvalue weighted by atomic mass is 16.5. The number of hydrogen-bond donors (Lipinski definition) is 1. The highest BCUT2D eigenvalue weighted by molar-refractivity contribution is 6.01. The van der Waals surface area contributed by atoms with Gasteiger partial charge in [0.25, 0.3) is 0 Å². The Labute approximate surface area is 123 Å². The van der Waals surface area contributed by atoms with Crippen LogP contribution in [-0.4, -0.2) is 19.1 Å². The number of carbonyl (C=O) groups excluding carboxylic acids is 1. The molecule has 2 aromatic carbocycles. The first-order valence-corrected chi connectivity index (χ1v) is 7.13. The first kappa shape index (κ1) is 12.3. The molecule has 0 radical (unpaired) electrons. The van der Waals surface area contributed by atoms with Crippen LogP contribution in [0.5, 0.6) is 5.75 Å². The average Bonchev–Trinajstić information content (AvgIpc) is 3.01. The molecule has 2 aliphatic rings. The molecule has 0 aliphatic carbocycles. The summed E-state index contributed by atoms with van der Waals surface area (Å²) < 4.78 is 5.71. The van der Waals surface area contributed by atoms with E-state index in [1.807, 2.05) is 41.3 Å². The molecule has 0 spiro atoms. The highest BCUT2D eigenvalue weighted by Gasteiger charge is 2.32. The quantitative estimate of drug-likeness (QED) is 0.859. The van der Waals surface area contributed by atoms with Crippen LogP contribution in [0, 0.1) is 0 Å². The van der Waals surface area contributed by atoms with Crippen LogP contribution in [0.15, 0.2) is 42.5 Å². The average molecular weight is 280 g/mol. The van der Waals surface area contributed by atoms with Gasteiger partial charge in [-0.05, 0) is 29.8 Å². The Kier molecular flexibility index (Phi) is 2.64. The predicted molar refractivity (Wildman–Crippen MR) is 81.6 cm³/mol. The van der Waals surface area contributed by atoms with Crippen LogP contribution >= 0.6 is 0 Å². The number of ether oxygens (including phenoxy) is 1. The van der Waals surface area contributed by atoms with E-state index in [-0.39, 0.29) is 11.8 Å². The zero-order valence-electron chi connectivity index (χ0n) is 11.6. The number of hydrogen-bond acceptors (Lipinski definition) is 3. The fourth-order valence-electron chi connectivity index (χ4n) is 3.20. The second kappa shape index (κ2) is 4.52. The predicted octanol–water partition coefficient (Wildman–Crippen LogP) is 2.33. The third-order valence-corrected chi connectivity index (χ3v) is 4.24. The van der Waals surface area contributed by atoms with Gasteiger partial charge in [-0.2, -0.15) is 0 Å². The summed E-state index contributed by atoms with van der Waals surface area (Å²) in [5, 5.41) is 0. The molecule has 106 valence electrons. The third kappa shape index (κ3) is 1.95. The molecular weight excluding hydrogens is 264 g/mol. The molecule has 1 unspecified atom stereocenters. The van der Waals surface area contributed by atoms with Crippen molar-refractivity contribution < 1.29 is 9.53 Å². The van der Waals surface area contributed by atoms with Crippen molar-refractivity contribution in [1.82, 2.24) is 0 Å². The molecule has 2 aromatic rings. The first-order valence-electron chi connectivity index (χ1n) is 7.13. The normalized spacial score (nSPS) is 19.3. The summed E-state index contributed by atoms with van der Waals surface area (Å²) in [6, 6.07) is 13.7. The number of rotatable bonds is 2. The van der Waals surface area contributed by atoms with Gasteiger partial charge in [0.05, 0.1) is 13.0 Å². The lowest BCUT2D eigenvalue weighted by atomic mass is 10.0. The fourth-order valence-corrected chi connectivity index (χ4v) is 3.20. The summed E-state index contributed by atoms with van der Waals surface area (Å²) in [5.74, 6) is 1.31. The van der Waals surface area contributed by atoms with E-state index in [1.54, 1.807) is 0 Å². The van der Waals surface area contributed by atoms with Crippen LogP contribution in [0.1, 0.15) is 17.0 Å². The van der Waals surface area contributed by atoms with Crippen molar-refractivity contribution in [2.75, 3.05) is 23.8 Å². The summed E-state index contributed by atoms with van der Waals surface area (Å²) in [6.07, 6.45) is 0.440. The van der Waals surface area contributed by atoms with Gasteiger partial charge in [-0.1, -0.05) is 18.2 Å². The molecular formula is C17H16N2O2. The lowest BCUT2D eigenvalue weighted by Gasteiger charge is -2.21. The minimum absolute atomic E-state index is 0.139. The minimum Gasteiger partial charge on any atom is -0.493 e. The molecule has 1 amide bonds. The molecule has 2 N–H and O–H groups in total. The number of nitrogens with two attached hydrogens (primary N) is 1. The van der Waals surface area contributed by atoms with Gasteiger partial charge in [0.1, 0.15) is 5.75 Å². The Hall–Kier alpha value is -2.49. The van der Waals surface area contributed by atoms with Crippen molar-refractivity contribution in [1.29, 1.82) is 0 Å². The zero-order chi connectivity index (χ0) is 14.4. The number of fused-ring (bicyclic) bond motifs is 2. The Bertz CT molecular complexity index is 726. The number of nitrogens with zero attached hydrogens (tertiary/aromatic N) is 1. The van der Waals surface area contributed by atoms with Crippen LogP contribution < -0.4 is 15.4 Å². The maximum Gasteiger partial charge on any atom is 0.231 e. The Morgan fingerprint density at radius 2 is 2.10 bits per heavy atom. The van der Waals surface area contributed by atoms with Gasteiger partial charge >= 0.3 is 0 Å². The molecule has 0 saturated carbocycles. The topological polar surface area (TPSA) is 55.6 Å². The van der Waals surface area contributed by atoms with E-state index in [9.17, 15) is 4.79 Å². The number of carbonyl (C=O) groups is 1. The highest BCUT2D eigenvalue weighted by Crippen LogP contribution is 2.37. The molecule has 1 atom stereocenters. The van der Waals surface area contributed by atoms with Gasteiger partial charge in [-0.3, -0.25) is 4.79 Å². The molecule has 0 bridgehead atoms. The molecule has 0 saturated heterocycles.